The molecule has 1 radical (unpaired) electrons. The lowest BCUT2D eigenvalue weighted by Crippen LogP contribution is -1.84. The molecule has 0 saturated carbocycles. The molecule has 0 saturated heterocycles. The normalized spacial score (nSPS) is 9.00. The average Bonchev–Trinajstić information content (AvgIpc) is 0.811. The summed E-state index contributed by atoms with van der Waals surface area (Å²) < 4.78 is 0. The third kappa shape index (κ3) is 69.8. The molecule has 0 bridgehead atoms. The van der Waals surface area contributed by atoms with Gasteiger partial charge in [-0.15, -0.1) is 0 Å². The molecule has 0 rings (SSSR count). The Morgan fingerprint density at radius 2 is 1.00 bits per heavy atom. The van der Waals surface area contributed by atoms with Gasteiger partial charge in [0, 0.05) is 8.80 Å². The molecule has 0 fully saturated rings. The van der Waals surface area contributed by atoms with Crippen molar-refractivity contribution in [2.24, 2.45) is 0 Å². The number of hydrogen-bond donors (Lipinski definition) is 0. The summed E-state index contributed by atoms with van der Waals surface area (Å²) in [6, 6.07) is 0. The zero-order valence-electron chi connectivity index (χ0n) is 3.50. The lowest BCUT2D eigenvalue weighted by atomic mass is 11.9. The molecule has 0 amide bonds. The third-order valence-electron chi connectivity index (χ3n) is 0. The zero-order chi connectivity index (χ0) is 3.58. The highest BCUT2D eigenvalue weighted by molar-refractivity contribution is 6.54. The average molecular weight is 74.2 g/mol. The van der Waals surface area contributed by atoms with Gasteiger partial charge in [0.2, 0.25) is 0 Å². The van der Waals surface area contributed by atoms with Crippen LogP contribution in [0.3, 0.4) is 0 Å². The van der Waals surface area contributed by atoms with E-state index >= 15 is 0 Å². The highest BCUT2D eigenvalue weighted by Gasteiger charge is 1.72. The first kappa shape index (κ1) is 4.22. The molecule has 0 aliphatic carbocycles. The smallest absolute Gasteiger partial charge is 0.0379 e. The summed E-state index contributed by atoms with van der Waals surface area (Å²) in [6.45, 7) is 6.81. The first-order valence-corrected chi connectivity index (χ1v) is 4.50. The van der Waals surface area contributed by atoms with Crippen LogP contribution in [0.2, 0.25) is 19.6 Å². The maximum absolute atomic E-state index is 2.27. The second kappa shape index (κ2) is 1.53. The van der Waals surface area contributed by atoms with E-state index in [-0.39, 0.29) is 8.80 Å². The van der Waals surface area contributed by atoms with Gasteiger partial charge in [0.15, 0.2) is 0 Å². The molecule has 0 spiro atoms. The van der Waals surface area contributed by atoms with Crippen LogP contribution >= 0.6 is 0 Å². The van der Waals surface area contributed by atoms with Crippen LogP contribution in [-0.2, 0) is 0 Å². The van der Waals surface area contributed by atoms with E-state index in [9.17, 15) is 0 Å². The molecule has 4 heavy (non-hydrogen) atoms. The van der Waals surface area contributed by atoms with E-state index in [1.807, 2.05) is 0 Å². The van der Waals surface area contributed by atoms with E-state index in [4.69, 9.17) is 0 Å². The summed E-state index contributed by atoms with van der Waals surface area (Å²) in [5.41, 5.74) is 0. The van der Waals surface area contributed by atoms with Crippen molar-refractivity contribution >= 4 is 8.80 Å². The van der Waals surface area contributed by atoms with Crippen LogP contribution in [0, 0.1) is 0 Å². The van der Waals surface area contributed by atoms with Crippen molar-refractivity contribution in [3.63, 3.8) is 0 Å². The van der Waals surface area contributed by atoms with Crippen molar-refractivity contribution in [1.82, 2.24) is 0 Å². The van der Waals surface area contributed by atoms with Crippen molar-refractivity contribution in [2.45, 2.75) is 19.6 Å². The summed E-state index contributed by atoms with van der Waals surface area (Å²) in [6.07, 6.45) is 0. The molecule has 0 nitrogen and oxygen atoms in total. The first-order chi connectivity index (χ1) is 1.73. The van der Waals surface area contributed by atoms with E-state index in [0.717, 1.165) is 0 Å². The fourth-order valence-electron chi connectivity index (χ4n) is 0. The lowest BCUT2D eigenvalue weighted by molar-refractivity contribution is 1.91. The summed E-state index contributed by atoms with van der Waals surface area (Å²) >= 11 is 0. The molecule has 25 valence electrons. The van der Waals surface area contributed by atoms with Gasteiger partial charge < -0.3 is 0 Å². The molecular weight excluding hydrogens is 65.1 g/mol. The van der Waals surface area contributed by atoms with Crippen molar-refractivity contribution in [3.8, 4) is 0 Å². The second-order valence-electron chi connectivity index (χ2n) is 1.50. The topological polar surface area (TPSA) is 0 Å². The molecular formula is C3H9Si. The van der Waals surface area contributed by atoms with Crippen molar-refractivity contribution in [3.05, 3.63) is 0 Å². The number of rotatable bonds is 0. The van der Waals surface area contributed by atoms with Crippen LogP contribution in [0.1, 0.15) is 0 Å². The molecule has 0 unspecified atom stereocenters. The van der Waals surface area contributed by atoms with E-state index in [2.05, 4.69) is 19.6 Å². The minimum absolute atomic E-state index is 0.120. The SMILES string of the molecule is C[Si](C)[13CH3]. The summed E-state index contributed by atoms with van der Waals surface area (Å²) in [5, 5.41) is 0. The van der Waals surface area contributed by atoms with Gasteiger partial charge in [0.05, 0.1) is 0 Å². The van der Waals surface area contributed by atoms with Crippen LogP contribution in [0.5, 0.6) is 0 Å². The minimum atomic E-state index is 0.120. The Morgan fingerprint density at radius 3 is 1.00 bits per heavy atom. The van der Waals surface area contributed by atoms with Crippen LogP contribution in [0.4, 0.5) is 0 Å². The van der Waals surface area contributed by atoms with Crippen LogP contribution in [0.15, 0.2) is 0 Å². The maximum Gasteiger partial charge on any atom is 0.0379 e. The Balaban J connectivity index is 2.32. The Labute approximate surface area is 29.4 Å². The predicted octanol–water partition coefficient (Wildman–Crippen LogP) is 1.37. The Morgan fingerprint density at radius 1 is 1.00 bits per heavy atom. The Hall–Kier alpha value is 0.217. The quantitative estimate of drug-likeness (QED) is 0.301. The van der Waals surface area contributed by atoms with Gasteiger partial charge in [-0.25, -0.2) is 0 Å². The van der Waals surface area contributed by atoms with Gasteiger partial charge in [-0.05, 0) is 0 Å². The highest BCUT2D eigenvalue weighted by atomic mass is 28.3. The van der Waals surface area contributed by atoms with Gasteiger partial charge in [0.25, 0.3) is 0 Å². The zero-order valence-corrected chi connectivity index (χ0v) is 4.50. The van der Waals surface area contributed by atoms with Crippen LogP contribution < -0.4 is 0 Å². The fourth-order valence-corrected chi connectivity index (χ4v) is 0. The second-order valence-corrected chi connectivity index (χ2v) is 4.50. The van der Waals surface area contributed by atoms with E-state index in [0.29, 0.717) is 0 Å². The molecule has 0 aliphatic heterocycles. The standard InChI is InChI=1S/C3H9Si/c1-4(2)3/h1-3H3/i1+1. The molecule has 0 heterocycles. The largest absolute Gasteiger partial charge is 0.0715 e. The van der Waals surface area contributed by atoms with Gasteiger partial charge in [-0.2, -0.15) is 0 Å². The summed E-state index contributed by atoms with van der Waals surface area (Å²) in [4.78, 5) is 0. The fraction of sp³-hybridized carbons (Fsp3) is 1.00. The molecule has 0 aromatic heterocycles. The molecule has 0 aromatic rings. The summed E-state index contributed by atoms with van der Waals surface area (Å²) in [5.74, 6) is 0. The minimum Gasteiger partial charge on any atom is -0.0715 e. The molecule has 0 aliphatic rings. The monoisotopic (exact) mass is 74.1 g/mol. The van der Waals surface area contributed by atoms with E-state index in [1.54, 1.807) is 0 Å². The molecule has 0 atom stereocenters. The third-order valence-corrected chi connectivity index (χ3v) is 0. The van der Waals surface area contributed by atoms with Gasteiger partial charge in [-0.1, -0.05) is 19.6 Å². The van der Waals surface area contributed by atoms with Gasteiger partial charge in [-0.3, -0.25) is 0 Å². The summed E-state index contributed by atoms with van der Waals surface area (Å²) in [7, 11) is 0.120. The maximum atomic E-state index is 2.27. The van der Waals surface area contributed by atoms with E-state index < -0.39 is 0 Å². The number of hydrogen-bond acceptors (Lipinski definition) is 0. The molecule has 0 N–H and O–H groups in total. The van der Waals surface area contributed by atoms with Crippen molar-refractivity contribution < 1.29 is 0 Å². The molecule has 1 heteroatoms. The first-order valence-electron chi connectivity index (χ1n) is 1.50. The van der Waals surface area contributed by atoms with Gasteiger partial charge >= 0.3 is 0 Å². The molecule has 0 aromatic carbocycles. The van der Waals surface area contributed by atoms with E-state index in [1.165, 1.54) is 0 Å². The Kier molecular flexibility index (Phi) is 1.61. The Bertz CT molecular complexity index is 8.00. The van der Waals surface area contributed by atoms with Crippen molar-refractivity contribution in [2.75, 3.05) is 0 Å². The van der Waals surface area contributed by atoms with Gasteiger partial charge in [0.1, 0.15) is 0 Å². The van der Waals surface area contributed by atoms with Crippen LogP contribution in [0.25, 0.3) is 0 Å². The van der Waals surface area contributed by atoms with Crippen molar-refractivity contribution in [1.29, 1.82) is 0 Å². The van der Waals surface area contributed by atoms with Crippen LogP contribution in [-0.4, -0.2) is 8.80 Å². The lowest BCUT2D eigenvalue weighted by Gasteiger charge is -1.75. The predicted molar refractivity (Wildman–Crippen MR) is 23.3 cm³/mol. The highest BCUT2D eigenvalue weighted by Crippen LogP contribution is 1.68.